The number of rotatable bonds is 3. The van der Waals surface area contributed by atoms with Crippen LogP contribution in [0.2, 0.25) is 5.15 Å². The van der Waals surface area contributed by atoms with Gasteiger partial charge < -0.3 is 15.5 Å². The zero-order valence-corrected chi connectivity index (χ0v) is 11.9. The van der Waals surface area contributed by atoms with Gasteiger partial charge in [-0.2, -0.15) is 9.97 Å². The highest BCUT2D eigenvalue weighted by atomic mass is 35.5. The van der Waals surface area contributed by atoms with Crippen LogP contribution >= 0.6 is 11.6 Å². The molecular weight excluding hydrogens is 294 g/mol. The number of nitrogens with one attached hydrogen (secondary N) is 1. The Labute approximate surface area is 124 Å². The fourth-order valence-electron chi connectivity index (χ4n) is 2.07. The fraction of sp³-hybridized carbons (Fsp3) is 0.154. The summed E-state index contributed by atoms with van der Waals surface area (Å²) >= 11 is 5.96. The third-order valence-electron chi connectivity index (χ3n) is 3.10. The van der Waals surface area contributed by atoms with Gasteiger partial charge in [-0.15, -0.1) is 0 Å². The molecule has 2 aromatic heterocycles. The molecule has 0 fully saturated rings. The number of hydrogen-bond donors (Lipinski definition) is 2. The van der Waals surface area contributed by atoms with Gasteiger partial charge in [-0.25, -0.2) is 4.79 Å². The number of anilines is 1. The van der Waals surface area contributed by atoms with Gasteiger partial charge in [-0.05, 0) is 17.7 Å². The third-order valence-corrected chi connectivity index (χ3v) is 3.37. The molecule has 0 saturated heterocycles. The number of aromatic nitrogens is 4. The van der Waals surface area contributed by atoms with Crippen molar-refractivity contribution in [3.05, 3.63) is 45.5 Å². The molecule has 3 rings (SSSR count). The highest BCUT2D eigenvalue weighted by molar-refractivity contribution is 6.33. The zero-order chi connectivity index (χ0) is 15.0. The van der Waals surface area contributed by atoms with Crippen LogP contribution in [-0.2, 0) is 6.54 Å². The highest BCUT2D eigenvalue weighted by Crippen LogP contribution is 2.19. The Morgan fingerprint density at radius 3 is 2.71 bits per heavy atom. The molecule has 8 heteroatoms. The standard InChI is InChI=1S/C13H12ClN5O2/c1-21-8-4-2-7(3-5-8)6-19-11-9(16-13(19)20)10(14)17-12(15)18-11/h2-5H,6H2,1H3,(H,16,20)(H2,15,17,18). The van der Waals surface area contributed by atoms with Gasteiger partial charge >= 0.3 is 5.69 Å². The molecule has 0 bridgehead atoms. The lowest BCUT2D eigenvalue weighted by molar-refractivity contribution is 0.414. The van der Waals surface area contributed by atoms with Crippen molar-refractivity contribution in [1.82, 2.24) is 19.5 Å². The molecule has 0 unspecified atom stereocenters. The quantitative estimate of drug-likeness (QED) is 0.713. The number of imidazole rings is 1. The average molecular weight is 306 g/mol. The van der Waals surface area contributed by atoms with Crippen LogP contribution in [0.3, 0.4) is 0 Å². The Kier molecular flexibility index (Phi) is 3.26. The van der Waals surface area contributed by atoms with Crippen LogP contribution in [0, 0.1) is 0 Å². The van der Waals surface area contributed by atoms with E-state index in [9.17, 15) is 4.79 Å². The number of ether oxygens (including phenoxy) is 1. The Morgan fingerprint density at radius 2 is 2.05 bits per heavy atom. The minimum atomic E-state index is -0.317. The van der Waals surface area contributed by atoms with Gasteiger partial charge in [0.2, 0.25) is 5.95 Å². The molecule has 0 aliphatic heterocycles. The van der Waals surface area contributed by atoms with Crippen LogP contribution < -0.4 is 16.2 Å². The molecule has 0 saturated carbocycles. The van der Waals surface area contributed by atoms with Crippen LogP contribution in [-0.4, -0.2) is 26.6 Å². The summed E-state index contributed by atoms with van der Waals surface area (Å²) in [5, 5.41) is 0.128. The van der Waals surface area contributed by atoms with E-state index in [0.717, 1.165) is 11.3 Å². The predicted octanol–water partition coefficient (Wildman–Crippen LogP) is 1.41. The first-order chi connectivity index (χ1) is 10.1. The van der Waals surface area contributed by atoms with E-state index < -0.39 is 0 Å². The van der Waals surface area contributed by atoms with E-state index in [0.29, 0.717) is 17.7 Å². The Bertz CT molecular complexity index is 853. The summed E-state index contributed by atoms with van der Waals surface area (Å²) in [5.41, 5.74) is 6.95. The Balaban J connectivity index is 2.07. The lowest BCUT2D eigenvalue weighted by Gasteiger charge is -2.05. The first-order valence-electron chi connectivity index (χ1n) is 6.13. The van der Waals surface area contributed by atoms with E-state index in [4.69, 9.17) is 22.1 Å². The third kappa shape index (κ3) is 2.43. The van der Waals surface area contributed by atoms with E-state index >= 15 is 0 Å². The highest BCUT2D eigenvalue weighted by Gasteiger charge is 2.13. The summed E-state index contributed by atoms with van der Waals surface area (Å²) < 4.78 is 6.56. The molecule has 108 valence electrons. The summed E-state index contributed by atoms with van der Waals surface area (Å²) in [6, 6.07) is 7.39. The van der Waals surface area contributed by atoms with Crippen LogP contribution in [0.4, 0.5) is 5.95 Å². The van der Waals surface area contributed by atoms with Crippen molar-refractivity contribution in [1.29, 1.82) is 0 Å². The van der Waals surface area contributed by atoms with E-state index in [-0.39, 0.29) is 16.8 Å². The molecule has 0 atom stereocenters. The first-order valence-corrected chi connectivity index (χ1v) is 6.50. The van der Waals surface area contributed by atoms with Crippen molar-refractivity contribution in [3.8, 4) is 5.75 Å². The van der Waals surface area contributed by atoms with Gasteiger partial charge in [-0.1, -0.05) is 23.7 Å². The van der Waals surface area contributed by atoms with Gasteiger partial charge in [-0.3, -0.25) is 4.57 Å². The van der Waals surface area contributed by atoms with E-state index in [1.807, 2.05) is 24.3 Å². The molecule has 0 aliphatic carbocycles. The molecule has 0 aliphatic rings. The number of halogens is 1. The van der Waals surface area contributed by atoms with Crippen LogP contribution in [0.15, 0.2) is 29.1 Å². The van der Waals surface area contributed by atoms with Crippen LogP contribution in [0.25, 0.3) is 11.2 Å². The number of hydrogen-bond acceptors (Lipinski definition) is 5. The normalized spacial score (nSPS) is 11.0. The van der Waals surface area contributed by atoms with Crippen molar-refractivity contribution in [2.24, 2.45) is 0 Å². The first kappa shape index (κ1) is 13.4. The molecule has 0 spiro atoms. The van der Waals surface area contributed by atoms with Gasteiger partial charge in [0, 0.05) is 0 Å². The summed E-state index contributed by atoms with van der Waals surface area (Å²) in [6.07, 6.45) is 0. The van der Waals surface area contributed by atoms with Crippen molar-refractivity contribution in [2.75, 3.05) is 12.8 Å². The summed E-state index contributed by atoms with van der Waals surface area (Å²) in [7, 11) is 1.60. The number of H-pyrrole nitrogens is 1. The van der Waals surface area contributed by atoms with Crippen LogP contribution in [0.1, 0.15) is 5.56 Å². The molecule has 21 heavy (non-hydrogen) atoms. The number of nitrogens with zero attached hydrogens (tertiary/aromatic N) is 3. The maximum absolute atomic E-state index is 12.0. The molecule has 1 aromatic carbocycles. The minimum Gasteiger partial charge on any atom is -0.497 e. The number of aromatic amines is 1. The monoisotopic (exact) mass is 305 g/mol. The van der Waals surface area contributed by atoms with E-state index in [1.54, 1.807) is 7.11 Å². The topological polar surface area (TPSA) is 98.8 Å². The van der Waals surface area contributed by atoms with E-state index in [1.165, 1.54) is 4.57 Å². The summed E-state index contributed by atoms with van der Waals surface area (Å²) in [6.45, 7) is 0.343. The van der Waals surface area contributed by atoms with Crippen molar-refractivity contribution < 1.29 is 4.74 Å². The molecule has 7 nitrogen and oxygen atoms in total. The smallest absolute Gasteiger partial charge is 0.328 e. The second-order valence-corrected chi connectivity index (χ2v) is 4.79. The largest absolute Gasteiger partial charge is 0.497 e. The lowest BCUT2D eigenvalue weighted by atomic mass is 10.2. The molecule has 2 heterocycles. The maximum atomic E-state index is 12.0. The molecular formula is C13H12ClN5O2. The number of nitrogen functional groups attached to an aromatic ring is 1. The Morgan fingerprint density at radius 1 is 1.33 bits per heavy atom. The lowest BCUT2D eigenvalue weighted by Crippen LogP contribution is -2.17. The van der Waals surface area contributed by atoms with Gasteiger partial charge in [0.15, 0.2) is 10.8 Å². The SMILES string of the molecule is COc1ccc(Cn2c(=O)[nH]c3c(Cl)nc(N)nc32)cc1. The maximum Gasteiger partial charge on any atom is 0.328 e. The van der Waals surface area contributed by atoms with Gasteiger partial charge in [0.25, 0.3) is 0 Å². The van der Waals surface area contributed by atoms with Gasteiger partial charge in [0.1, 0.15) is 11.3 Å². The van der Waals surface area contributed by atoms with Crippen LogP contribution in [0.5, 0.6) is 5.75 Å². The molecule has 3 N–H and O–H groups in total. The molecule has 0 amide bonds. The Hall–Kier alpha value is -2.54. The van der Waals surface area contributed by atoms with Gasteiger partial charge in [0.05, 0.1) is 13.7 Å². The van der Waals surface area contributed by atoms with Crippen molar-refractivity contribution in [2.45, 2.75) is 6.54 Å². The minimum absolute atomic E-state index is 0.0231. The zero-order valence-electron chi connectivity index (χ0n) is 11.1. The number of benzene rings is 1. The van der Waals surface area contributed by atoms with E-state index in [2.05, 4.69) is 15.0 Å². The summed E-state index contributed by atoms with van der Waals surface area (Å²) in [5.74, 6) is 0.773. The summed E-state index contributed by atoms with van der Waals surface area (Å²) in [4.78, 5) is 22.6. The number of fused-ring (bicyclic) bond motifs is 1. The van der Waals surface area contributed by atoms with Crippen molar-refractivity contribution in [3.63, 3.8) is 0 Å². The second-order valence-electron chi connectivity index (χ2n) is 4.44. The average Bonchev–Trinajstić information content (AvgIpc) is 2.77. The molecule has 3 aromatic rings. The van der Waals surface area contributed by atoms with Crippen molar-refractivity contribution >= 4 is 28.7 Å². The predicted molar refractivity (Wildman–Crippen MR) is 79.7 cm³/mol. The number of nitrogens with two attached hydrogens (primary N) is 1. The fourth-order valence-corrected chi connectivity index (χ4v) is 2.29. The second kappa shape index (κ2) is 5.10. The molecule has 0 radical (unpaired) electrons. The number of methoxy groups -OCH3 is 1.